The Labute approximate surface area is 120 Å². The monoisotopic (exact) mass is 270 g/mol. The second-order valence-corrected chi connectivity index (χ2v) is 5.71. The zero-order chi connectivity index (χ0) is 13.9. The van der Waals surface area contributed by atoms with Gasteiger partial charge in [-0.15, -0.1) is 0 Å². The fraction of sp³-hybridized carbons (Fsp3) is 0.471. The summed E-state index contributed by atoms with van der Waals surface area (Å²) in [5.74, 6) is 0.548. The van der Waals surface area contributed by atoms with Crippen LogP contribution in [0.25, 0.3) is 0 Å². The number of aromatic nitrogens is 2. The predicted molar refractivity (Wildman–Crippen MR) is 79.6 cm³/mol. The smallest absolute Gasteiger partial charge is 0.0817 e. The van der Waals surface area contributed by atoms with Crippen LogP contribution >= 0.6 is 0 Å². The van der Waals surface area contributed by atoms with Gasteiger partial charge in [0.15, 0.2) is 0 Å². The summed E-state index contributed by atoms with van der Waals surface area (Å²) in [5, 5.41) is 14.3. The van der Waals surface area contributed by atoms with E-state index in [1.165, 1.54) is 30.4 Å². The summed E-state index contributed by atoms with van der Waals surface area (Å²) in [6.07, 6.45) is 7.82. The molecule has 0 saturated carbocycles. The minimum Gasteiger partial charge on any atom is -0.388 e. The summed E-state index contributed by atoms with van der Waals surface area (Å²) < 4.78 is 1.99. The minimum atomic E-state index is -0.387. The number of fused-ring (bicyclic) bond motifs is 1. The van der Waals surface area contributed by atoms with E-state index >= 15 is 0 Å². The summed E-state index contributed by atoms with van der Waals surface area (Å²) in [6, 6.07) is 8.76. The fourth-order valence-corrected chi connectivity index (χ4v) is 3.16. The molecule has 3 nitrogen and oxygen atoms in total. The van der Waals surface area contributed by atoms with E-state index in [2.05, 4.69) is 29.4 Å². The Morgan fingerprint density at radius 2 is 2.25 bits per heavy atom. The molecule has 1 aliphatic rings. The number of rotatable bonds is 4. The maximum atomic E-state index is 9.85. The summed E-state index contributed by atoms with van der Waals surface area (Å²) >= 11 is 0. The molecule has 20 heavy (non-hydrogen) atoms. The van der Waals surface area contributed by atoms with E-state index in [-0.39, 0.29) is 6.10 Å². The fourth-order valence-electron chi connectivity index (χ4n) is 3.16. The zero-order valence-electron chi connectivity index (χ0n) is 12.0. The minimum absolute atomic E-state index is 0.387. The van der Waals surface area contributed by atoms with Gasteiger partial charge in [-0.25, -0.2) is 0 Å². The molecule has 1 N–H and O–H groups in total. The van der Waals surface area contributed by atoms with E-state index in [1.54, 1.807) is 6.20 Å². The van der Waals surface area contributed by atoms with E-state index in [9.17, 15) is 5.11 Å². The molecule has 2 aromatic rings. The Balaban J connectivity index is 1.77. The lowest BCUT2D eigenvalue weighted by Gasteiger charge is -2.25. The quantitative estimate of drug-likeness (QED) is 0.924. The normalized spacial score (nSPS) is 19.6. The van der Waals surface area contributed by atoms with Crippen molar-refractivity contribution in [3.63, 3.8) is 0 Å². The molecule has 1 aromatic carbocycles. The van der Waals surface area contributed by atoms with E-state index in [1.807, 2.05) is 17.8 Å². The zero-order valence-corrected chi connectivity index (χ0v) is 12.0. The van der Waals surface area contributed by atoms with Gasteiger partial charge in [0.2, 0.25) is 0 Å². The van der Waals surface area contributed by atoms with Gasteiger partial charge in [-0.2, -0.15) is 5.10 Å². The van der Waals surface area contributed by atoms with Crippen molar-refractivity contribution >= 4 is 0 Å². The van der Waals surface area contributed by atoms with Gasteiger partial charge >= 0.3 is 0 Å². The largest absolute Gasteiger partial charge is 0.388 e. The van der Waals surface area contributed by atoms with Gasteiger partial charge in [0, 0.05) is 24.2 Å². The number of hydrogen-bond donors (Lipinski definition) is 1. The SMILES string of the molecule is CCC(O)c1cnn(CC2CCCc3ccccc32)c1. The Morgan fingerprint density at radius 1 is 1.40 bits per heavy atom. The van der Waals surface area contributed by atoms with Crippen LogP contribution in [0.2, 0.25) is 0 Å². The average Bonchev–Trinajstić information content (AvgIpc) is 2.95. The lowest BCUT2D eigenvalue weighted by Crippen LogP contribution is -2.15. The highest BCUT2D eigenvalue weighted by molar-refractivity contribution is 5.32. The average molecular weight is 270 g/mol. The molecule has 2 unspecified atom stereocenters. The number of aryl methyl sites for hydroxylation is 1. The van der Waals surface area contributed by atoms with E-state index in [0.717, 1.165) is 18.5 Å². The molecule has 3 heteroatoms. The molecule has 2 atom stereocenters. The van der Waals surface area contributed by atoms with Crippen molar-refractivity contribution in [1.82, 2.24) is 9.78 Å². The first-order chi connectivity index (χ1) is 9.78. The van der Waals surface area contributed by atoms with Crippen molar-refractivity contribution in [3.8, 4) is 0 Å². The van der Waals surface area contributed by atoms with Crippen LogP contribution in [-0.4, -0.2) is 14.9 Å². The van der Waals surface area contributed by atoms with Crippen molar-refractivity contribution in [1.29, 1.82) is 0 Å². The van der Waals surface area contributed by atoms with E-state index in [0.29, 0.717) is 5.92 Å². The third-order valence-electron chi connectivity index (χ3n) is 4.33. The topological polar surface area (TPSA) is 38.1 Å². The maximum absolute atomic E-state index is 9.85. The van der Waals surface area contributed by atoms with Crippen LogP contribution in [0.4, 0.5) is 0 Å². The first kappa shape index (κ1) is 13.4. The molecule has 0 spiro atoms. The van der Waals surface area contributed by atoms with Crippen LogP contribution in [0.3, 0.4) is 0 Å². The molecule has 0 amide bonds. The van der Waals surface area contributed by atoms with Crippen LogP contribution in [-0.2, 0) is 13.0 Å². The number of nitrogens with zero attached hydrogens (tertiary/aromatic N) is 2. The highest BCUT2D eigenvalue weighted by Gasteiger charge is 2.20. The lowest BCUT2D eigenvalue weighted by atomic mass is 9.83. The molecule has 1 aliphatic carbocycles. The molecule has 0 saturated heterocycles. The van der Waals surface area contributed by atoms with Crippen molar-refractivity contribution in [2.75, 3.05) is 0 Å². The summed E-state index contributed by atoms with van der Waals surface area (Å²) in [4.78, 5) is 0. The Kier molecular flexibility index (Phi) is 3.88. The number of benzene rings is 1. The molecular formula is C17H22N2O. The van der Waals surface area contributed by atoms with Gasteiger partial charge in [-0.1, -0.05) is 31.2 Å². The second-order valence-electron chi connectivity index (χ2n) is 5.71. The molecule has 1 aromatic heterocycles. The van der Waals surface area contributed by atoms with Gasteiger partial charge in [-0.3, -0.25) is 4.68 Å². The van der Waals surface area contributed by atoms with Gasteiger partial charge in [-0.05, 0) is 36.8 Å². The van der Waals surface area contributed by atoms with Gasteiger partial charge < -0.3 is 5.11 Å². The number of hydrogen-bond acceptors (Lipinski definition) is 2. The third kappa shape index (κ3) is 2.63. The molecule has 106 valence electrons. The van der Waals surface area contributed by atoms with E-state index < -0.39 is 0 Å². The Morgan fingerprint density at radius 3 is 3.10 bits per heavy atom. The van der Waals surface area contributed by atoms with Crippen molar-refractivity contribution < 1.29 is 5.11 Å². The van der Waals surface area contributed by atoms with Crippen LogP contribution in [0.5, 0.6) is 0 Å². The van der Waals surface area contributed by atoms with Gasteiger partial charge in [0.25, 0.3) is 0 Å². The number of aliphatic hydroxyl groups excluding tert-OH is 1. The van der Waals surface area contributed by atoms with Crippen LogP contribution in [0.1, 0.15) is 54.9 Å². The van der Waals surface area contributed by atoms with Crippen molar-refractivity contribution in [3.05, 3.63) is 53.3 Å². The maximum Gasteiger partial charge on any atom is 0.0817 e. The summed E-state index contributed by atoms with van der Waals surface area (Å²) in [6.45, 7) is 2.90. The second kappa shape index (κ2) is 5.80. The molecule has 0 aliphatic heterocycles. The summed E-state index contributed by atoms with van der Waals surface area (Å²) in [5.41, 5.74) is 3.90. The third-order valence-corrected chi connectivity index (χ3v) is 4.33. The molecule has 3 rings (SSSR count). The molecule has 0 bridgehead atoms. The molecule has 1 heterocycles. The van der Waals surface area contributed by atoms with Crippen molar-refractivity contribution in [2.45, 2.75) is 51.2 Å². The summed E-state index contributed by atoms with van der Waals surface area (Å²) in [7, 11) is 0. The van der Waals surface area contributed by atoms with Gasteiger partial charge in [0.1, 0.15) is 0 Å². The molecular weight excluding hydrogens is 248 g/mol. The van der Waals surface area contributed by atoms with Crippen LogP contribution in [0.15, 0.2) is 36.7 Å². The van der Waals surface area contributed by atoms with Crippen LogP contribution < -0.4 is 0 Å². The van der Waals surface area contributed by atoms with Crippen LogP contribution in [0, 0.1) is 0 Å². The number of aliphatic hydroxyl groups is 1. The standard InChI is InChI=1S/C17H22N2O/c1-2-17(20)15-10-18-19(12-15)11-14-8-5-7-13-6-3-4-9-16(13)14/h3-4,6,9-10,12,14,17,20H,2,5,7-8,11H2,1H3. The first-order valence-corrected chi connectivity index (χ1v) is 7.56. The highest BCUT2D eigenvalue weighted by Crippen LogP contribution is 2.32. The lowest BCUT2D eigenvalue weighted by molar-refractivity contribution is 0.173. The predicted octanol–water partition coefficient (Wildman–Crippen LogP) is 3.45. The highest BCUT2D eigenvalue weighted by atomic mass is 16.3. The van der Waals surface area contributed by atoms with Gasteiger partial charge in [0.05, 0.1) is 12.3 Å². The van der Waals surface area contributed by atoms with Crippen molar-refractivity contribution in [2.24, 2.45) is 0 Å². The van der Waals surface area contributed by atoms with E-state index in [4.69, 9.17) is 0 Å². The molecule has 0 fully saturated rings. The molecule has 0 radical (unpaired) electrons. The first-order valence-electron chi connectivity index (χ1n) is 7.56. The Hall–Kier alpha value is -1.61. The Bertz CT molecular complexity index is 576.